The highest BCUT2D eigenvalue weighted by molar-refractivity contribution is 7.85. The first kappa shape index (κ1) is 13.2. The van der Waals surface area contributed by atoms with E-state index in [2.05, 4.69) is 13.0 Å². The molecule has 1 aliphatic heterocycles. The first-order valence-electron chi connectivity index (χ1n) is 6.62. The van der Waals surface area contributed by atoms with Gasteiger partial charge in [0.25, 0.3) is 0 Å². The molecular formula is C16H17NO2S. The second-order valence-electron chi connectivity index (χ2n) is 5.14. The van der Waals surface area contributed by atoms with Crippen molar-refractivity contribution in [3.63, 3.8) is 0 Å². The van der Waals surface area contributed by atoms with Crippen molar-refractivity contribution in [3.8, 4) is 5.75 Å². The number of nitrogen functional groups attached to an aromatic ring is 1. The third kappa shape index (κ3) is 2.70. The van der Waals surface area contributed by atoms with E-state index in [1.165, 1.54) is 11.1 Å². The minimum absolute atomic E-state index is 0.0194. The Kier molecular flexibility index (Phi) is 3.49. The molecule has 0 fully saturated rings. The third-order valence-electron chi connectivity index (χ3n) is 3.42. The Hall–Kier alpha value is -1.81. The van der Waals surface area contributed by atoms with Crippen LogP contribution in [0.2, 0.25) is 0 Å². The van der Waals surface area contributed by atoms with Crippen LogP contribution in [0.15, 0.2) is 47.4 Å². The van der Waals surface area contributed by atoms with E-state index < -0.39 is 10.8 Å². The van der Waals surface area contributed by atoms with E-state index in [0.29, 0.717) is 11.4 Å². The van der Waals surface area contributed by atoms with Gasteiger partial charge < -0.3 is 10.5 Å². The summed E-state index contributed by atoms with van der Waals surface area (Å²) in [5, 5.41) is 0. The Balaban J connectivity index is 1.70. The second-order valence-corrected chi connectivity index (χ2v) is 6.64. The van der Waals surface area contributed by atoms with E-state index in [1.54, 1.807) is 12.1 Å². The Morgan fingerprint density at radius 2 is 2.15 bits per heavy atom. The molecule has 104 valence electrons. The van der Waals surface area contributed by atoms with E-state index in [1.807, 2.05) is 24.3 Å². The maximum absolute atomic E-state index is 12.3. The SMILES string of the molecule is Cc1ccc2c(c1)CC(CS(=O)c1cccc(N)c1)O2. The molecule has 1 aliphatic rings. The van der Waals surface area contributed by atoms with Gasteiger partial charge in [0.05, 0.1) is 16.6 Å². The number of hydrogen-bond acceptors (Lipinski definition) is 3. The molecule has 0 aliphatic carbocycles. The van der Waals surface area contributed by atoms with Gasteiger partial charge in [0, 0.05) is 17.0 Å². The molecule has 2 aromatic rings. The summed E-state index contributed by atoms with van der Waals surface area (Å²) in [7, 11) is -1.08. The molecular weight excluding hydrogens is 270 g/mol. The summed E-state index contributed by atoms with van der Waals surface area (Å²) < 4.78 is 18.2. The second kappa shape index (κ2) is 5.29. The van der Waals surface area contributed by atoms with Crippen LogP contribution in [0.5, 0.6) is 5.75 Å². The Bertz CT molecular complexity index is 669. The summed E-state index contributed by atoms with van der Waals surface area (Å²) in [5.74, 6) is 1.42. The summed E-state index contributed by atoms with van der Waals surface area (Å²) in [6.45, 7) is 2.07. The molecule has 20 heavy (non-hydrogen) atoms. The quantitative estimate of drug-likeness (QED) is 0.883. The highest BCUT2D eigenvalue weighted by Crippen LogP contribution is 2.30. The monoisotopic (exact) mass is 287 g/mol. The average molecular weight is 287 g/mol. The maximum atomic E-state index is 12.3. The Morgan fingerprint density at radius 3 is 2.95 bits per heavy atom. The van der Waals surface area contributed by atoms with Gasteiger partial charge in [-0.05, 0) is 36.8 Å². The molecule has 0 radical (unpaired) electrons. The molecule has 0 spiro atoms. The zero-order chi connectivity index (χ0) is 14.1. The number of nitrogens with two attached hydrogens (primary N) is 1. The summed E-state index contributed by atoms with van der Waals surface area (Å²) >= 11 is 0. The number of benzene rings is 2. The van der Waals surface area contributed by atoms with Crippen LogP contribution in [-0.2, 0) is 17.2 Å². The minimum Gasteiger partial charge on any atom is -0.489 e. The largest absolute Gasteiger partial charge is 0.489 e. The van der Waals surface area contributed by atoms with E-state index in [0.717, 1.165) is 17.1 Å². The zero-order valence-electron chi connectivity index (χ0n) is 11.3. The van der Waals surface area contributed by atoms with Crippen molar-refractivity contribution in [2.24, 2.45) is 0 Å². The molecule has 0 aromatic heterocycles. The van der Waals surface area contributed by atoms with Crippen molar-refractivity contribution in [3.05, 3.63) is 53.6 Å². The van der Waals surface area contributed by atoms with Gasteiger partial charge in [-0.15, -0.1) is 0 Å². The van der Waals surface area contributed by atoms with Gasteiger partial charge in [0.1, 0.15) is 11.9 Å². The fourth-order valence-corrected chi connectivity index (χ4v) is 3.68. The predicted octanol–water partition coefficient (Wildman–Crippen LogP) is 2.69. The molecule has 2 aromatic carbocycles. The van der Waals surface area contributed by atoms with Gasteiger partial charge in [-0.25, -0.2) is 0 Å². The molecule has 3 rings (SSSR count). The first-order valence-corrected chi connectivity index (χ1v) is 7.94. The lowest BCUT2D eigenvalue weighted by atomic mass is 10.1. The van der Waals surface area contributed by atoms with Crippen molar-refractivity contribution in [1.29, 1.82) is 0 Å². The van der Waals surface area contributed by atoms with Crippen LogP contribution in [0, 0.1) is 6.92 Å². The summed E-state index contributed by atoms with van der Waals surface area (Å²) in [5.41, 5.74) is 8.80. The Labute approximate surface area is 121 Å². The van der Waals surface area contributed by atoms with Crippen molar-refractivity contribution in [1.82, 2.24) is 0 Å². The number of ether oxygens (including phenoxy) is 1. The first-order chi connectivity index (χ1) is 9.61. The molecule has 4 heteroatoms. The summed E-state index contributed by atoms with van der Waals surface area (Å²) in [4.78, 5) is 0.765. The normalized spacial score (nSPS) is 18.4. The highest BCUT2D eigenvalue weighted by atomic mass is 32.2. The smallest absolute Gasteiger partial charge is 0.123 e. The topological polar surface area (TPSA) is 52.3 Å². The van der Waals surface area contributed by atoms with Gasteiger partial charge in [-0.2, -0.15) is 0 Å². The lowest BCUT2D eigenvalue weighted by Crippen LogP contribution is -2.21. The molecule has 1 heterocycles. The summed E-state index contributed by atoms with van der Waals surface area (Å²) in [6, 6.07) is 13.4. The van der Waals surface area contributed by atoms with Gasteiger partial charge in [0.2, 0.25) is 0 Å². The van der Waals surface area contributed by atoms with Crippen LogP contribution in [0.3, 0.4) is 0 Å². The van der Waals surface area contributed by atoms with Crippen LogP contribution in [0.4, 0.5) is 5.69 Å². The molecule has 0 saturated carbocycles. The van der Waals surface area contributed by atoms with Crippen molar-refractivity contribution >= 4 is 16.5 Å². The molecule has 2 atom stereocenters. The Morgan fingerprint density at radius 1 is 1.30 bits per heavy atom. The van der Waals surface area contributed by atoms with Crippen LogP contribution < -0.4 is 10.5 Å². The number of aryl methyl sites for hydroxylation is 1. The third-order valence-corrected chi connectivity index (χ3v) is 4.87. The molecule has 2 unspecified atom stereocenters. The van der Waals surface area contributed by atoms with Crippen LogP contribution in [0.1, 0.15) is 11.1 Å². The number of hydrogen-bond donors (Lipinski definition) is 1. The number of fused-ring (bicyclic) bond motifs is 1. The molecule has 2 N–H and O–H groups in total. The van der Waals surface area contributed by atoms with Gasteiger partial charge in [-0.1, -0.05) is 23.8 Å². The number of anilines is 1. The molecule has 0 amide bonds. The van der Waals surface area contributed by atoms with E-state index >= 15 is 0 Å². The van der Waals surface area contributed by atoms with Crippen molar-refractivity contribution in [2.75, 3.05) is 11.5 Å². The van der Waals surface area contributed by atoms with E-state index in [9.17, 15) is 4.21 Å². The lowest BCUT2D eigenvalue weighted by Gasteiger charge is -2.10. The predicted molar refractivity (Wildman–Crippen MR) is 81.4 cm³/mol. The maximum Gasteiger partial charge on any atom is 0.123 e. The van der Waals surface area contributed by atoms with Gasteiger partial charge >= 0.3 is 0 Å². The minimum atomic E-state index is -1.08. The van der Waals surface area contributed by atoms with Crippen molar-refractivity contribution < 1.29 is 8.95 Å². The summed E-state index contributed by atoms with van der Waals surface area (Å²) in [6.07, 6.45) is 0.805. The lowest BCUT2D eigenvalue weighted by molar-refractivity contribution is 0.258. The number of rotatable bonds is 3. The fourth-order valence-electron chi connectivity index (χ4n) is 2.46. The average Bonchev–Trinajstić information content (AvgIpc) is 2.80. The molecule has 3 nitrogen and oxygen atoms in total. The zero-order valence-corrected chi connectivity index (χ0v) is 12.2. The van der Waals surface area contributed by atoms with Gasteiger partial charge in [0.15, 0.2) is 0 Å². The van der Waals surface area contributed by atoms with Crippen molar-refractivity contribution in [2.45, 2.75) is 24.3 Å². The van der Waals surface area contributed by atoms with Crippen LogP contribution >= 0.6 is 0 Å². The fraction of sp³-hybridized carbons (Fsp3) is 0.250. The van der Waals surface area contributed by atoms with E-state index in [4.69, 9.17) is 10.5 Å². The highest BCUT2D eigenvalue weighted by Gasteiger charge is 2.25. The van der Waals surface area contributed by atoms with Crippen LogP contribution in [-0.4, -0.2) is 16.1 Å². The van der Waals surface area contributed by atoms with Crippen LogP contribution in [0.25, 0.3) is 0 Å². The van der Waals surface area contributed by atoms with Gasteiger partial charge in [-0.3, -0.25) is 4.21 Å². The standard InChI is InChI=1S/C16H17NO2S/c1-11-5-6-16-12(7-11)8-14(19-16)10-20(18)15-4-2-3-13(17)9-15/h2-7,9,14H,8,10,17H2,1H3. The molecule has 0 saturated heterocycles. The molecule has 0 bridgehead atoms. The van der Waals surface area contributed by atoms with E-state index in [-0.39, 0.29) is 6.10 Å².